The summed E-state index contributed by atoms with van der Waals surface area (Å²) in [5.41, 5.74) is 1.98. The highest BCUT2D eigenvalue weighted by atomic mass is 35.5. The molecule has 100 valence electrons. The molecule has 0 saturated heterocycles. The summed E-state index contributed by atoms with van der Waals surface area (Å²) in [6.45, 7) is 2.46. The van der Waals surface area contributed by atoms with E-state index in [-0.39, 0.29) is 0 Å². The second-order valence-electron chi connectivity index (χ2n) is 4.57. The van der Waals surface area contributed by atoms with E-state index in [2.05, 4.69) is 4.98 Å². The minimum absolute atomic E-state index is 0.531. The van der Waals surface area contributed by atoms with Crippen molar-refractivity contribution < 1.29 is 5.11 Å². The average molecular weight is 277 g/mol. The number of pyridine rings is 1. The maximum Gasteiger partial charge on any atom is 0.134 e. The van der Waals surface area contributed by atoms with Crippen LogP contribution in [0.15, 0.2) is 42.6 Å². The van der Waals surface area contributed by atoms with Crippen LogP contribution in [-0.2, 0) is 6.54 Å². The quantitative estimate of drug-likeness (QED) is 0.929. The highest BCUT2D eigenvalue weighted by Crippen LogP contribution is 2.24. The molecule has 19 heavy (non-hydrogen) atoms. The molecule has 0 radical (unpaired) electrons. The van der Waals surface area contributed by atoms with Crippen LogP contribution in [0.1, 0.15) is 24.2 Å². The molecule has 3 nitrogen and oxygen atoms in total. The smallest absolute Gasteiger partial charge is 0.134 e. The van der Waals surface area contributed by atoms with Crippen molar-refractivity contribution in [2.24, 2.45) is 0 Å². The largest absolute Gasteiger partial charge is 0.389 e. The SMILES string of the molecule is CC(O)c1cccnc1N(C)Cc1ccc(Cl)cc1. The highest BCUT2D eigenvalue weighted by molar-refractivity contribution is 6.30. The molecule has 1 heterocycles. The fourth-order valence-electron chi connectivity index (χ4n) is 1.99. The molecule has 0 aliphatic heterocycles. The highest BCUT2D eigenvalue weighted by Gasteiger charge is 2.12. The van der Waals surface area contributed by atoms with Gasteiger partial charge in [-0.3, -0.25) is 0 Å². The van der Waals surface area contributed by atoms with Crippen molar-refractivity contribution in [3.63, 3.8) is 0 Å². The molecule has 1 aromatic heterocycles. The summed E-state index contributed by atoms with van der Waals surface area (Å²) in [6, 6.07) is 11.5. The summed E-state index contributed by atoms with van der Waals surface area (Å²) >= 11 is 5.87. The van der Waals surface area contributed by atoms with Gasteiger partial charge in [-0.15, -0.1) is 0 Å². The molecule has 1 unspecified atom stereocenters. The van der Waals surface area contributed by atoms with Crippen LogP contribution in [0.25, 0.3) is 0 Å². The summed E-state index contributed by atoms with van der Waals surface area (Å²) in [6.07, 6.45) is 1.20. The van der Waals surface area contributed by atoms with Crippen LogP contribution in [0, 0.1) is 0 Å². The van der Waals surface area contributed by atoms with E-state index in [1.807, 2.05) is 48.3 Å². The topological polar surface area (TPSA) is 36.4 Å². The molecule has 1 atom stereocenters. The first kappa shape index (κ1) is 13.8. The van der Waals surface area contributed by atoms with Crippen molar-refractivity contribution >= 4 is 17.4 Å². The van der Waals surface area contributed by atoms with Crippen molar-refractivity contribution in [3.05, 3.63) is 58.7 Å². The van der Waals surface area contributed by atoms with Gasteiger partial charge in [0.15, 0.2) is 0 Å². The second-order valence-corrected chi connectivity index (χ2v) is 5.01. The van der Waals surface area contributed by atoms with E-state index in [1.54, 1.807) is 13.1 Å². The molecule has 2 rings (SSSR count). The zero-order valence-corrected chi connectivity index (χ0v) is 11.8. The molecule has 4 heteroatoms. The summed E-state index contributed by atoms with van der Waals surface area (Å²) in [5, 5.41) is 10.5. The zero-order chi connectivity index (χ0) is 13.8. The minimum Gasteiger partial charge on any atom is -0.389 e. The Balaban J connectivity index is 2.20. The monoisotopic (exact) mass is 276 g/mol. The fourth-order valence-corrected chi connectivity index (χ4v) is 2.12. The van der Waals surface area contributed by atoms with Crippen molar-refractivity contribution in [1.82, 2.24) is 4.98 Å². The van der Waals surface area contributed by atoms with Crippen LogP contribution in [0.5, 0.6) is 0 Å². The number of halogens is 1. The maximum atomic E-state index is 9.77. The van der Waals surface area contributed by atoms with E-state index < -0.39 is 6.10 Å². The molecule has 0 bridgehead atoms. The lowest BCUT2D eigenvalue weighted by molar-refractivity contribution is 0.199. The van der Waals surface area contributed by atoms with Gasteiger partial charge in [0.25, 0.3) is 0 Å². The molecule has 0 aliphatic carbocycles. The lowest BCUT2D eigenvalue weighted by Crippen LogP contribution is -2.19. The number of nitrogens with zero attached hydrogens (tertiary/aromatic N) is 2. The third-order valence-electron chi connectivity index (χ3n) is 2.96. The minimum atomic E-state index is -0.531. The van der Waals surface area contributed by atoms with Crippen LogP contribution >= 0.6 is 11.6 Å². The Hall–Kier alpha value is -1.58. The predicted octanol–water partition coefficient (Wildman–Crippen LogP) is 3.42. The van der Waals surface area contributed by atoms with Crippen molar-refractivity contribution in [2.75, 3.05) is 11.9 Å². The van der Waals surface area contributed by atoms with Gasteiger partial charge in [-0.25, -0.2) is 4.98 Å². The normalized spacial score (nSPS) is 12.2. The first-order valence-electron chi connectivity index (χ1n) is 6.16. The first-order valence-corrected chi connectivity index (χ1v) is 6.54. The van der Waals surface area contributed by atoms with Gasteiger partial charge in [0.1, 0.15) is 5.82 Å². The molecule has 0 spiro atoms. The Bertz CT molecular complexity index is 540. The molecular formula is C15H17ClN2O. The van der Waals surface area contributed by atoms with Gasteiger partial charge in [0, 0.05) is 30.4 Å². The van der Waals surface area contributed by atoms with E-state index in [1.165, 1.54) is 0 Å². The van der Waals surface area contributed by atoms with Crippen LogP contribution in [0.3, 0.4) is 0 Å². The number of aliphatic hydroxyl groups excluding tert-OH is 1. The Morgan fingerprint density at radius 1 is 1.26 bits per heavy atom. The third-order valence-corrected chi connectivity index (χ3v) is 3.21. The lowest BCUT2D eigenvalue weighted by atomic mass is 10.1. The van der Waals surface area contributed by atoms with E-state index in [4.69, 9.17) is 11.6 Å². The van der Waals surface area contributed by atoms with Crippen LogP contribution < -0.4 is 4.90 Å². The van der Waals surface area contributed by atoms with Gasteiger partial charge in [-0.1, -0.05) is 29.8 Å². The third kappa shape index (κ3) is 3.46. The first-order chi connectivity index (χ1) is 9.08. The van der Waals surface area contributed by atoms with E-state index in [0.29, 0.717) is 6.54 Å². The number of aliphatic hydroxyl groups is 1. The van der Waals surface area contributed by atoms with Crippen molar-refractivity contribution in [1.29, 1.82) is 0 Å². The standard InChI is InChI=1S/C15H17ClN2O/c1-11(19)14-4-3-9-17-15(14)18(2)10-12-5-7-13(16)8-6-12/h3-9,11,19H,10H2,1-2H3. The molecule has 1 N–H and O–H groups in total. The predicted molar refractivity (Wildman–Crippen MR) is 78.4 cm³/mol. The molecule has 0 saturated carbocycles. The Morgan fingerprint density at radius 3 is 2.58 bits per heavy atom. The number of aromatic nitrogens is 1. The number of benzene rings is 1. The van der Waals surface area contributed by atoms with Crippen LogP contribution in [0.2, 0.25) is 5.02 Å². The van der Waals surface area contributed by atoms with E-state index >= 15 is 0 Å². The van der Waals surface area contributed by atoms with Gasteiger partial charge >= 0.3 is 0 Å². The maximum absolute atomic E-state index is 9.77. The van der Waals surface area contributed by atoms with Gasteiger partial charge in [-0.05, 0) is 30.7 Å². The van der Waals surface area contributed by atoms with Crippen LogP contribution in [0.4, 0.5) is 5.82 Å². The summed E-state index contributed by atoms with van der Waals surface area (Å²) in [4.78, 5) is 6.37. The number of hydrogen-bond donors (Lipinski definition) is 1. The number of anilines is 1. The van der Waals surface area contributed by atoms with Gasteiger partial charge in [0.05, 0.1) is 6.10 Å². The average Bonchev–Trinajstić information content (AvgIpc) is 2.41. The number of hydrogen-bond acceptors (Lipinski definition) is 3. The Kier molecular flexibility index (Phi) is 4.40. The molecule has 1 aromatic carbocycles. The zero-order valence-electron chi connectivity index (χ0n) is 11.0. The molecule has 0 amide bonds. The Morgan fingerprint density at radius 2 is 1.95 bits per heavy atom. The van der Waals surface area contributed by atoms with E-state index in [0.717, 1.165) is 22.0 Å². The second kappa shape index (κ2) is 6.04. The summed E-state index contributed by atoms with van der Waals surface area (Å²) in [7, 11) is 1.96. The molecular weight excluding hydrogens is 260 g/mol. The molecule has 0 aliphatic rings. The van der Waals surface area contributed by atoms with E-state index in [9.17, 15) is 5.11 Å². The number of rotatable bonds is 4. The van der Waals surface area contributed by atoms with Crippen LogP contribution in [-0.4, -0.2) is 17.1 Å². The summed E-state index contributed by atoms with van der Waals surface area (Å²) < 4.78 is 0. The fraction of sp³-hybridized carbons (Fsp3) is 0.267. The van der Waals surface area contributed by atoms with Gasteiger partial charge < -0.3 is 10.0 Å². The summed E-state index contributed by atoms with van der Waals surface area (Å²) in [5.74, 6) is 0.799. The van der Waals surface area contributed by atoms with Crippen molar-refractivity contribution in [3.8, 4) is 0 Å². The lowest BCUT2D eigenvalue weighted by Gasteiger charge is -2.22. The van der Waals surface area contributed by atoms with Gasteiger partial charge in [0.2, 0.25) is 0 Å². The molecule has 0 fully saturated rings. The Labute approximate surface area is 118 Å². The van der Waals surface area contributed by atoms with Gasteiger partial charge in [-0.2, -0.15) is 0 Å². The van der Waals surface area contributed by atoms with Crippen molar-refractivity contribution in [2.45, 2.75) is 19.6 Å². The molecule has 2 aromatic rings.